The van der Waals surface area contributed by atoms with E-state index in [1.165, 1.54) is 0 Å². The van der Waals surface area contributed by atoms with Crippen LogP contribution in [0.1, 0.15) is 19.3 Å². The second kappa shape index (κ2) is 2.70. The van der Waals surface area contributed by atoms with Crippen LogP contribution in [0, 0.1) is 5.41 Å². The number of hydrogen-bond donors (Lipinski definition) is 1. The van der Waals surface area contributed by atoms with Crippen molar-refractivity contribution in [2.75, 3.05) is 18.1 Å². The Balaban J connectivity index is 2.28. The SMILES string of the molecule is O=C1NCCC12CCCS(=O)(=O)C2. The number of carbonyl (C=O) groups excluding carboxylic acids is 1. The van der Waals surface area contributed by atoms with E-state index < -0.39 is 15.3 Å². The monoisotopic (exact) mass is 203 g/mol. The molecule has 0 aromatic heterocycles. The van der Waals surface area contributed by atoms with Gasteiger partial charge in [-0.1, -0.05) is 0 Å². The zero-order chi connectivity index (χ0) is 9.53. The van der Waals surface area contributed by atoms with Crippen molar-refractivity contribution in [1.82, 2.24) is 5.32 Å². The van der Waals surface area contributed by atoms with Crippen LogP contribution in [0.4, 0.5) is 0 Å². The Hall–Kier alpha value is -0.580. The molecule has 0 saturated carbocycles. The van der Waals surface area contributed by atoms with Crippen molar-refractivity contribution in [3.8, 4) is 0 Å². The molecule has 0 aromatic carbocycles. The number of nitrogens with one attached hydrogen (secondary N) is 1. The van der Waals surface area contributed by atoms with Crippen LogP contribution < -0.4 is 5.32 Å². The molecule has 1 spiro atoms. The predicted molar refractivity (Wildman–Crippen MR) is 47.9 cm³/mol. The first-order valence-electron chi connectivity index (χ1n) is 4.53. The Bertz CT molecular complexity index is 335. The molecule has 2 saturated heterocycles. The summed E-state index contributed by atoms with van der Waals surface area (Å²) in [5.41, 5.74) is -0.572. The summed E-state index contributed by atoms with van der Waals surface area (Å²) in [7, 11) is -2.97. The lowest BCUT2D eigenvalue weighted by Crippen LogP contribution is -2.41. The van der Waals surface area contributed by atoms with Crippen molar-refractivity contribution in [2.24, 2.45) is 5.41 Å². The normalized spacial score (nSPS) is 37.7. The smallest absolute Gasteiger partial charge is 0.227 e. The minimum absolute atomic E-state index is 0.0595. The summed E-state index contributed by atoms with van der Waals surface area (Å²) in [5.74, 6) is 0.254. The van der Waals surface area contributed by atoms with Gasteiger partial charge in [-0.25, -0.2) is 8.42 Å². The molecular formula is C8H13NO3S. The van der Waals surface area contributed by atoms with Crippen LogP contribution in [-0.4, -0.2) is 32.4 Å². The zero-order valence-electron chi connectivity index (χ0n) is 7.38. The molecule has 13 heavy (non-hydrogen) atoms. The largest absolute Gasteiger partial charge is 0.356 e. The lowest BCUT2D eigenvalue weighted by molar-refractivity contribution is -0.127. The van der Waals surface area contributed by atoms with Crippen LogP contribution in [0.3, 0.4) is 0 Å². The van der Waals surface area contributed by atoms with E-state index in [-0.39, 0.29) is 17.4 Å². The molecule has 0 bridgehead atoms. The van der Waals surface area contributed by atoms with Crippen molar-refractivity contribution in [3.63, 3.8) is 0 Å². The summed E-state index contributed by atoms with van der Waals surface area (Å²) in [6.45, 7) is 0.633. The summed E-state index contributed by atoms with van der Waals surface area (Å²) in [5, 5.41) is 2.71. The van der Waals surface area contributed by atoms with Crippen molar-refractivity contribution in [2.45, 2.75) is 19.3 Å². The average molecular weight is 203 g/mol. The topological polar surface area (TPSA) is 63.2 Å². The molecule has 0 radical (unpaired) electrons. The summed E-state index contributed by atoms with van der Waals surface area (Å²) < 4.78 is 22.8. The fourth-order valence-corrected chi connectivity index (χ4v) is 4.28. The van der Waals surface area contributed by atoms with Gasteiger partial charge in [0.25, 0.3) is 0 Å². The van der Waals surface area contributed by atoms with Crippen LogP contribution in [0.25, 0.3) is 0 Å². The third-order valence-electron chi connectivity index (χ3n) is 2.98. The molecule has 1 atom stereocenters. The minimum Gasteiger partial charge on any atom is -0.356 e. The van der Waals surface area contributed by atoms with Gasteiger partial charge in [0.1, 0.15) is 0 Å². The second-order valence-corrected chi connectivity index (χ2v) is 6.17. The first kappa shape index (κ1) is 8.99. The highest BCUT2D eigenvalue weighted by Gasteiger charge is 2.47. The summed E-state index contributed by atoms with van der Waals surface area (Å²) in [6.07, 6.45) is 2.05. The third kappa shape index (κ3) is 1.45. The van der Waals surface area contributed by atoms with Gasteiger partial charge in [-0.15, -0.1) is 0 Å². The highest BCUT2D eigenvalue weighted by molar-refractivity contribution is 7.91. The standard InChI is InChI=1S/C8H13NO3S/c10-7-8(3-4-9-7)2-1-5-13(11,12)6-8/h1-6H2,(H,9,10). The van der Waals surface area contributed by atoms with E-state index in [1.54, 1.807) is 0 Å². The molecule has 1 N–H and O–H groups in total. The highest BCUT2D eigenvalue weighted by atomic mass is 32.2. The van der Waals surface area contributed by atoms with Crippen molar-refractivity contribution in [1.29, 1.82) is 0 Å². The van der Waals surface area contributed by atoms with Gasteiger partial charge in [-0.2, -0.15) is 0 Å². The maximum absolute atomic E-state index is 11.5. The molecule has 2 fully saturated rings. The molecule has 74 valence electrons. The number of rotatable bonds is 0. The summed E-state index contributed by atoms with van der Waals surface area (Å²) in [6, 6.07) is 0. The quantitative estimate of drug-likeness (QED) is 0.588. The molecule has 0 aromatic rings. The molecule has 2 aliphatic rings. The molecule has 2 rings (SSSR count). The first-order valence-corrected chi connectivity index (χ1v) is 6.35. The van der Waals surface area contributed by atoms with E-state index in [1.807, 2.05) is 0 Å². The van der Waals surface area contributed by atoms with Gasteiger partial charge in [0, 0.05) is 6.54 Å². The number of hydrogen-bond acceptors (Lipinski definition) is 3. The Kier molecular flexibility index (Phi) is 1.87. The fraction of sp³-hybridized carbons (Fsp3) is 0.875. The van der Waals surface area contributed by atoms with Crippen molar-refractivity contribution >= 4 is 15.7 Å². The molecule has 0 aliphatic carbocycles. The van der Waals surface area contributed by atoms with Gasteiger partial charge >= 0.3 is 0 Å². The zero-order valence-corrected chi connectivity index (χ0v) is 8.19. The molecule has 2 heterocycles. The van der Waals surface area contributed by atoms with Gasteiger partial charge in [0.05, 0.1) is 16.9 Å². The van der Waals surface area contributed by atoms with Crippen molar-refractivity contribution in [3.05, 3.63) is 0 Å². The van der Waals surface area contributed by atoms with Gasteiger partial charge in [0.2, 0.25) is 5.91 Å². The maximum Gasteiger partial charge on any atom is 0.227 e. The predicted octanol–water partition coefficient (Wildman–Crippen LogP) is -0.299. The van der Waals surface area contributed by atoms with E-state index in [2.05, 4.69) is 5.32 Å². The van der Waals surface area contributed by atoms with Crippen molar-refractivity contribution < 1.29 is 13.2 Å². The molecule has 4 nitrogen and oxygen atoms in total. The van der Waals surface area contributed by atoms with E-state index in [0.717, 1.165) is 6.42 Å². The van der Waals surface area contributed by atoms with Gasteiger partial charge in [-0.3, -0.25) is 4.79 Å². The minimum atomic E-state index is -2.97. The Morgan fingerprint density at radius 3 is 2.62 bits per heavy atom. The van der Waals surface area contributed by atoms with E-state index in [4.69, 9.17) is 0 Å². The Labute approximate surface area is 77.6 Å². The van der Waals surface area contributed by atoms with E-state index in [0.29, 0.717) is 19.4 Å². The maximum atomic E-state index is 11.5. The Morgan fingerprint density at radius 1 is 1.31 bits per heavy atom. The highest BCUT2D eigenvalue weighted by Crippen LogP contribution is 2.37. The van der Waals surface area contributed by atoms with Gasteiger partial charge in [0.15, 0.2) is 9.84 Å². The summed E-state index contributed by atoms with van der Waals surface area (Å²) >= 11 is 0. The second-order valence-electron chi connectivity index (χ2n) is 3.98. The third-order valence-corrected chi connectivity index (χ3v) is 4.88. The Morgan fingerprint density at radius 2 is 2.08 bits per heavy atom. The molecule has 5 heteroatoms. The molecular weight excluding hydrogens is 190 g/mol. The van der Waals surface area contributed by atoms with Crippen LogP contribution in [0.15, 0.2) is 0 Å². The summed E-state index contributed by atoms with van der Waals surface area (Å²) in [4.78, 5) is 11.5. The van der Waals surface area contributed by atoms with Gasteiger partial charge in [-0.05, 0) is 19.3 Å². The lowest BCUT2D eigenvalue weighted by atomic mass is 9.83. The number of carbonyl (C=O) groups is 1. The van der Waals surface area contributed by atoms with E-state index in [9.17, 15) is 13.2 Å². The fourth-order valence-electron chi connectivity index (χ4n) is 2.29. The number of sulfone groups is 1. The van der Waals surface area contributed by atoms with Crippen LogP contribution in [0.2, 0.25) is 0 Å². The molecule has 2 aliphatic heterocycles. The van der Waals surface area contributed by atoms with Crippen LogP contribution in [-0.2, 0) is 14.6 Å². The van der Waals surface area contributed by atoms with Crippen LogP contribution >= 0.6 is 0 Å². The first-order chi connectivity index (χ1) is 6.04. The van der Waals surface area contributed by atoms with E-state index >= 15 is 0 Å². The number of amides is 1. The molecule has 1 amide bonds. The van der Waals surface area contributed by atoms with Gasteiger partial charge < -0.3 is 5.32 Å². The van der Waals surface area contributed by atoms with Crippen LogP contribution in [0.5, 0.6) is 0 Å². The average Bonchev–Trinajstić information content (AvgIpc) is 2.31. The molecule has 1 unspecified atom stereocenters. The lowest BCUT2D eigenvalue weighted by Gasteiger charge is -2.29.